The van der Waals surface area contributed by atoms with Crippen molar-refractivity contribution in [1.29, 1.82) is 0 Å². The Morgan fingerprint density at radius 2 is 1.94 bits per heavy atom. The first-order valence-electron chi connectivity index (χ1n) is 10.7. The van der Waals surface area contributed by atoms with Crippen LogP contribution in [0.1, 0.15) is 17.2 Å². The fourth-order valence-corrected chi connectivity index (χ4v) is 4.74. The second-order valence-corrected chi connectivity index (χ2v) is 8.40. The molecule has 1 aromatic heterocycles. The van der Waals surface area contributed by atoms with Gasteiger partial charge in [-0.05, 0) is 66.2 Å². The number of nitrogens with zero attached hydrogens (tertiary/aromatic N) is 3. The highest BCUT2D eigenvalue weighted by atomic mass is 32.1. The standard InChI is InChI=1S/C24H24N4O4S/c1-30-20-9-16-7-8-28-19(18(16)10-21(20)31-2)12-27(13-23(28)29)24(33)26-17-5-3-15(4-6-17)22-11-25-14-32-22/h3-6,9-11,14,19H,7-8,12-13H2,1-2H3,(H,26,33)/t19-/m0/s1. The number of hydrogen-bond acceptors (Lipinski definition) is 6. The van der Waals surface area contributed by atoms with Crippen LogP contribution in [0.5, 0.6) is 11.5 Å². The van der Waals surface area contributed by atoms with Gasteiger partial charge in [-0.2, -0.15) is 0 Å². The zero-order chi connectivity index (χ0) is 22.9. The molecule has 2 aliphatic rings. The van der Waals surface area contributed by atoms with Crippen molar-refractivity contribution in [2.24, 2.45) is 0 Å². The third-order valence-corrected chi connectivity index (χ3v) is 6.54. The van der Waals surface area contributed by atoms with Crippen LogP contribution < -0.4 is 14.8 Å². The molecule has 0 unspecified atom stereocenters. The van der Waals surface area contributed by atoms with E-state index >= 15 is 0 Å². The predicted octanol–water partition coefficient (Wildman–Crippen LogP) is 3.50. The highest BCUT2D eigenvalue weighted by molar-refractivity contribution is 7.80. The number of amides is 1. The average molecular weight is 465 g/mol. The normalized spacial score (nSPS) is 17.3. The molecule has 2 aromatic carbocycles. The minimum Gasteiger partial charge on any atom is -0.493 e. The molecule has 1 fully saturated rings. The first-order valence-corrected chi connectivity index (χ1v) is 11.1. The molecule has 9 heteroatoms. The third kappa shape index (κ3) is 4.00. The summed E-state index contributed by atoms with van der Waals surface area (Å²) in [5, 5.41) is 3.78. The summed E-state index contributed by atoms with van der Waals surface area (Å²) in [7, 11) is 3.25. The number of nitrogens with one attached hydrogen (secondary N) is 1. The number of methoxy groups -OCH3 is 2. The highest BCUT2D eigenvalue weighted by Crippen LogP contribution is 2.39. The molecule has 1 saturated heterocycles. The lowest BCUT2D eigenvalue weighted by Crippen LogP contribution is -2.56. The molecule has 0 aliphatic carbocycles. The minimum atomic E-state index is -0.0941. The maximum Gasteiger partial charge on any atom is 0.242 e. The van der Waals surface area contributed by atoms with Gasteiger partial charge in [-0.3, -0.25) is 4.79 Å². The van der Waals surface area contributed by atoms with Gasteiger partial charge in [0.1, 0.15) is 0 Å². The average Bonchev–Trinajstić information content (AvgIpc) is 3.38. The molecule has 0 radical (unpaired) electrons. The number of anilines is 1. The van der Waals surface area contributed by atoms with Crippen LogP contribution in [0.4, 0.5) is 5.69 Å². The molecular formula is C24H24N4O4S. The lowest BCUT2D eigenvalue weighted by molar-refractivity contribution is -0.138. The minimum absolute atomic E-state index is 0.0662. The fraction of sp³-hybridized carbons (Fsp3) is 0.292. The van der Waals surface area contributed by atoms with Crippen molar-refractivity contribution in [2.45, 2.75) is 12.5 Å². The molecule has 8 nitrogen and oxygen atoms in total. The van der Waals surface area contributed by atoms with E-state index in [4.69, 9.17) is 26.1 Å². The van der Waals surface area contributed by atoms with E-state index in [0.717, 1.165) is 23.2 Å². The van der Waals surface area contributed by atoms with E-state index < -0.39 is 0 Å². The summed E-state index contributed by atoms with van der Waals surface area (Å²) in [6.45, 7) is 1.54. The second kappa shape index (κ2) is 8.74. The lowest BCUT2D eigenvalue weighted by atomic mass is 9.90. The summed E-state index contributed by atoms with van der Waals surface area (Å²) in [5.74, 6) is 2.13. The van der Waals surface area contributed by atoms with Gasteiger partial charge in [-0.15, -0.1) is 0 Å². The first-order chi connectivity index (χ1) is 16.1. The van der Waals surface area contributed by atoms with E-state index in [1.165, 1.54) is 12.0 Å². The lowest BCUT2D eigenvalue weighted by Gasteiger charge is -2.45. The van der Waals surface area contributed by atoms with Crippen LogP contribution in [-0.2, 0) is 11.2 Å². The monoisotopic (exact) mass is 464 g/mol. The summed E-state index contributed by atoms with van der Waals surface area (Å²) in [6.07, 6.45) is 3.87. The Kier molecular flexibility index (Phi) is 5.63. The molecule has 1 amide bonds. The van der Waals surface area contributed by atoms with E-state index in [1.54, 1.807) is 20.4 Å². The van der Waals surface area contributed by atoms with E-state index in [1.807, 2.05) is 46.2 Å². The predicted molar refractivity (Wildman–Crippen MR) is 127 cm³/mol. The molecule has 0 bridgehead atoms. The van der Waals surface area contributed by atoms with Gasteiger partial charge in [0.25, 0.3) is 0 Å². The summed E-state index contributed by atoms with van der Waals surface area (Å²) < 4.78 is 16.3. The number of hydrogen-bond donors (Lipinski definition) is 1. The van der Waals surface area contributed by atoms with Crippen molar-refractivity contribution >= 4 is 28.9 Å². The van der Waals surface area contributed by atoms with Gasteiger partial charge in [0.2, 0.25) is 5.91 Å². The summed E-state index contributed by atoms with van der Waals surface area (Å²) >= 11 is 5.67. The Bertz CT molecular complexity index is 1180. The maximum absolute atomic E-state index is 13.0. The van der Waals surface area contributed by atoms with E-state index in [9.17, 15) is 4.79 Å². The zero-order valence-corrected chi connectivity index (χ0v) is 19.2. The van der Waals surface area contributed by atoms with Crippen LogP contribution in [0.15, 0.2) is 53.4 Å². The van der Waals surface area contributed by atoms with Crippen molar-refractivity contribution in [3.8, 4) is 22.8 Å². The number of carbonyl (C=O) groups excluding carboxylic acids is 1. The highest BCUT2D eigenvalue weighted by Gasteiger charge is 2.38. The zero-order valence-electron chi connectivity index (χ0n) is 18.4. The third-order valence-electron chi connectivity index (χ3n) is 6.18. The van der Waals surface area contributed by atoms with E-state index in [0.29, 0.717) is 35.5 Å². The molecule has 0 saturated carbocycles. The molecule has 170 valence electrons. The number of piperazine rings is 1. The summed E-state index contributed by atoms with van der Waals surface area (Å²) in [6, 6.07) is 11.6. The van der Waals surface area contributed by atoms with Crippen molar-refractivity contribution < 1.29 is 18.7 Å². The number of ether oxygens (including phenoxy) is 2. The summed E-state index contributed by atoms with van der Waals surface area (Å²) in [5.41, 5.74) is 4.02. The molecule has 3 aromatic rings. The van der Waals surface area contributed by atoms with Crippen molar-refractivity contribution in [3.63, 3.8) is 0 Å². The Labute approximate surface area is 197 Å². The molecular weight excluding hydrogens is 440 g/mol. The van der Waals surface area contributed by atoms with Crippen LogP contribution in [0, 0.1) is 0 Å². The Hall–Kier alpha value is -3.59. The molecule has 5 rings (SSSR count). The van der Waals surface area contributed by atoms with Gasteiger partial charge in [-0.1, -0.05) is 0 Å². The van der Waals surface area contributed by atoms with Gasteiger partial charge < -0.3 is 29.0 Å². The van der Waals surface area contributed by atoms with Gasteiger partial charge in [0.15, 0.2) is 28.8 Å². The molecule has 3 heterocycles. The number of fused-ring (bicyclic) bond motifs is 3. The van der Waals surface area contributed by atoms with Crippen LogP contribution in [0.3, 0.4) is 0 Å². The molecule has 33 heavy (non-hydrogen) atoms. The number of rotatable bonds is 4. The van der Waals surface area contributed by atoms with Crippen molar-refractivity contribution in [2.75, 3.05) is 39.2 Å². The van der Waals surface area contributed by atoms with Crippen LogP contribution >= 0.6 is 12.2 Å². The van der Waals surface area contributed by atoms with Gasteiger partial charge >= 0.3 is 0 Å². The van der Waals surface area contributed by atoms with Crippen LogP contribution in [-0.4, -0.2) is 59.7 Å². The summed E-state index contributed by atoms with van der Waals surface area (Å²) in [4.78, 5) is 20.8. The van der Waals surface area contributed by atoms with Gasteiger partial charge in [-0.25, -0.2) is 4.98 Å². The van der Waals surface area contributed by atoms with Gasteiger partial charge in [0, 0.05) is 24.3 Å². The van der Waals surface area contributed by atoms with E-state index in [2.05, 4.69) is 10.3 Å². The second-order valence-electron chi connectivity index (χ2n) is 8.01. The number of benzene rings is 2. The SMILES string of the molecule is COc1cc2c(cc1OC)[C@@H]1CN(C(=S)Nc3ccc(-c4cnco4)cc3)CC(=O)N1CC2. The smallest absolute Gasteiger partial charge is 0.242 e. The number of carbonyl (C=O) groups is 1. The Morgan fingerprint density at radius 1 is 1.18 bits per heavy atom. The fourth-order valence-electron chi connectivity index (χ4n) is 4.48. The maximum atomic E-state index is 13.0. The van der Waals surface area contributed by atoms with Crippen LogP contribution in [0.25, 0.3) is 11.3 Å². The molecule has 1 N–H and O–H groups in total. The van der Waals surface area contributed by atoms with Crippen molar-refractivity contribution in [1.82, 2.24) is 14.8 Å². The quantitative estimate of drug-likeness (QED) is 0.588. The number of thiocarbonyl (C=S) groups is 1. The topological polar surface area (TPSA) is 80.1 Å². The molecule has 0 spiro atoms. The number of aromatic nitrogens is 1. The number of oxazole rings is 1. The largest absolute Gasteiger partial charge is 0.493 e. The van der Waals surface area contributed by atoms with Crippen LogP contribution in [0.2, 0.25) is 0 Å². The Morgan fingerprint density at radius 3 is 2.64 bits per heavy atom. The van der Waals surface area contributed by atoms with E-state index in [-0.39, 0.29) is 18.5 Å². The molecule has 1 atom stereocenters. The van der Waals surface area contributed by atoms with Gasteiger partial charge in [0.05, 0.1) is 33.0 Å². The molecule has 2 aliphatic heterocycles. The van der Waals surface area contributed by atoms with Crippen molar-refractivity contribution in [3.05, 3.63) is 60.1 Å². The first kappa shape index (κ1) is 21.3. The Balaban J connectivity index is 1.34.